The van der Waals surface area contributed by atoms with Crippen LogP contribution in [0.15, 0.2) is 36.7 Å². The van der Waals surface area contributed by atoms with E-state index in [2.05, 4.69) is 47.5 Å². The summed E-state index contributed by atoms with van der Waals surface area (Å²) in [4.78, 5) is 0. The molecule has 2 aromatic rings. The van der Waals surface area contributed by atoms with E-state index in [0.29, 0.717) is 0 Å². The molecule has 0 radical (unpaired) electrons. The Labute approximate surface area is 125 Å². The number of halogens is 1. The van der Waals surface area contributed by atoms with Crippen molar-refractivity contribution in [2.45, 2.75) is 33.4 Å². The Hall–Kier alpha value is -1.29. The Balaban J connectivity index is 0.00000180. The summed E-state index contributed by atoms with van der Waals surface area (Å²) in [7, 11) is 1.69. The second-order valence-electron chi connectivity index (χ2n) is 4.51. The van der Waals surface area contributed by atoms with Gasteiger partial charge in [-0.1, -0.05) is 19.1 Å². The minimum Gasteiger partial charge on any atom is -1.00 e. The Morgan fingerprint density at radius 2 is 1.89 bits per heavy atom. The number of hydrogen-bond donors (Lipinski definition) is 0. The molecule has 0 aliphatic carbocycles. The molecule has 0 saturated heterocycles. The van der Waals surface area contributed by atoms with Crippen LogP contribution in [-0.2, 0) is 13.1 Å². The predicted octanol–water partition coefficient (Wildman–Crippen LogP) is -0.445. The molecule has 1 aromatic heterocycles. The quantitative estimate of drug-likeness (QED) is 0.682. The first kappa shape index (κ1) is 15.8. The lowest BCUT2D eigenvalue weighted by Gasteiger charge is -2.03. The molecule has 0 fully saturated rings. The molecule has 4 heteroatoms. The van der Waals surface area contributed by atoms with Gasteiger partial charge in [0.25, 0.3) is 5.82 Å². The fourth-order valence-electron chi connectivity index (χ4n) is 2.11. The first-order valence-electron chi connectivity index (χ1n) is 6.42. The minimum absolute atomic E-state index is 0. The van der Waals surface area contributed by atoms with E-state index in [-0.39, 0.29) is 17.0 Å². The number of benzene rings is 1. The van der Waals surface area contributed by atoms with Crippen molar-refractivity contribution in [3.05, 3.63) is 48.0 Å². The molecular formula is C15H21BrN2O. The number of nitrogens with zero attached hydrogens (tertiary/aromatic N) is 2. The van der Waals surface area contributed by atoms with E-state index >= 15 is 0 Å². The van der Waals surface area contributed by atoms with Gasteiger partial charge in [-0.2, -0.15) is 0 Å². The van der Waals surface area contributed by atoms with Gasteiger partial charge in [-0.05, 0) is 24.1 Å². The van der Waals surface area contributed by atoms with Gasteiger partial charge in [-0.25, -0.2) is 9.13 Å². The first-order valence-corrected chi connectivity index (χ1v) is 6.42. The molecule has 2 rings (SSSR count). The maximum atomic E-state index is 5.17. The van der Waals surface area contributed by atoms with Crippen molar-refractivity contribution in [2.75, 3.05) is 7.11 Å². The van der Waals surface area contributed by atoms with Crippen molar-refractivity contribution in [2.24, 2.45) is 0 Å². The normalized spacial score (nSPS) is 10.1. The second kappa shape index (κ2) is 7.34. The average Bonchev–Trinajstić information content (AvgIpc) is 2.73. The molecule has 1 heterocycles. The van der Waals surface area contributed by atoms with Gasteiger partial charge in [-0.15, -0.1) is 0 Å². The summed E-state index contributed by atoms with van der Waals surface area (Å²) in [6.07, 6.45) is 5.47. The van der Waals surface area contributed by atoms with Crippen LogP contribution in [0.25, 0.3) is 0 Å². The zero-order valence-electron chi connectivity index (χ0n) is 11.8. The number of imidazole rings is 1. The molecule has 0 aliphatic rings. The number of methoxy groups -OCH3 is 1. The summed E-state index contributed by atoms with van der Waals surface area (Å²) in [5.41, 5.74) is 1.29. The lowest BCUT2D eigenvalue weighted by atomic mass is 10.2. The van der Waals surface area contributed by atoms with Crippen molar-refractivity contribution in [3.8, 4) is 5.75 Å². The highest BCUT2D eigenvalue weighted by Crippen LogP contribution is 2.11. The molecule has 0 saturated carbocycles. The average molecular weight is 325 g/mol. The number of aromatic nitrogens is 2. The van der Waals surface area contributed by atoms with Crippen LogP contribution in [0.1, 0.15) is 24.7 Å². The monoisotopic (exact) mass is 324 g/mol. The van der Waals surface area contributed by atoms with E-state index < -0.39 is 0 Å². The van der Waals surface area contributed by atoms with Crippen LogP contribution in [0.5, 0.6) is 5.75 Å². The molecular weight excluding hydrogens is 304 g/mol. The number of rotatable bonds is 5. The van der Waals surface area contributed by atoms with Crippen LogP contribution in [0.2, 0.25) is 0 Å². The van der Waals surface area contributed by atoms with E-state index in [0.717, 1.165) is 25.3 Å². The van der Waals surface area contributed by atoms with Crippen LogP contribution in [0, 0.1) is 6.92 Å². The lowest BCUT2D eigenvalue weighted by molar-refractivity contribution is -0.694. The van der Waals surface area contributed by atoms with E-state index in [1.165, 1.54) is 11.4 Å². The number of aryl methyl sites for hydroxylation is 1. The molecule has 19 heavy (non-hydrogen) atoms. The van der Waals surface area contributed by atoms with Crippen LogP contribution < -0.4 is 26.3 Å². The summed E-state index contributed by atoms with van der Waals surface area (Å²) in [5.74, 6) is 2.21. The largest absolute Gasteiger partial charge is 1.00 e. The summed E-state index contributed by atoms with van der Waals surface area (Å²) in [5, 5.41) is 0. The molecule has 3 nitrogen and oxygen atoms in total. The van der Waals surface area contributed by atoms with Crippen LogP contribution in [0.4, 0.5) is 0 Å². The summed E-state index contributed by atoms with van der Waals surface area (Å²) in [6, 6.07) is 8.24. The fraction of sp³-hybridized carbons (Fsp3) is 0.400. The number of ether oxygens (including phenoxy) is 1. The van der Waals surface area contributed by atoms with E-state index in [4.69, 9.17) is 4.74 Å². The van der Waals surface area contributed by atoms with E-state index in [1.54, 1.807) is 7.11 Å². The van der Waals surface area contributed by atoms with Crippen molar-refractivity contribution in [1.29, 1.82) is 0 Å². The molecule has 0 atom stereocenters. The molecule has 0 unspecified atom stereocenters. The van der Waals surface area contributed by atoms with Crippen molar-refractivity contribution in [1.82, 2.24) is 4.57 Å². The Morgan fingerprint density at radius 3 is 2.47 bits per heavy atom. The lowest BCUT2D eigenvalue weighted by Crippen LogP contribution is -3.00. The highest BCUT2D eigenvalue weighted by Gasteiger charge is 2.11. The predicted molar refractivity (Wildman–Crippen MR) is 71.8 cm³/mol. The smallest absolute Gasteiger partial charge is 0.253 e. The van der Waals surface area contributed by atoms with Crippen molar-refractivity contribution < 1.29 is 26.3 Å². The molecule has 104 valence electrons. The van der Waals surface area contributed by atoms with Gasteiger partial charge in [0.15, 0.2) is 0 Å². The van der Waals surface area contributed by atoms with Crippen molar-refractivity contribution in [3.63, 3.8) is 0 Å². The Kier molecular flexibility index (Phi) is 6.09. The van der Waals surface area contributed by atoms with Crippen LogP contribution >= 0.6 is 0 Å². The molecule has 0 bridgehead atoms. The summed E-state index contributed by atoms with van der Waals surface area (Å²) < 4.78 is 9.74. The SMILES string of the molecule is CCCn1cc[n+](Cc2ccc(OC)cc2)c1C.[Br-]. The third-order valence-electron chi connectivity index (χ3n) is 3.23. The molecule has 0 spiro atoms. The molecule has 1 aromatic carbocycles. The minimum atomic E-state index is 0. The molecule has 0 N–H and O–H groups in total. The zero-order chi connectivity index (χ0) is 13.0. The highest BCUT2D eigenvalue weighted by molar-refractivity contribution is 5.26. The van der Waals surface area contributed by atoms with E-state index in [9.17, 15) is 0 Å². The van der Waals surface area contributed by atoms with Crippen molar-refractivity contribution >= 4 is 0 Å². The van der Waals surface area contributed by atoms with Gasteiger partial charge in [0.2, 0.25) is 0 Å². The van der Waals surface area contributed by atoms with Gasteiger partial charge in [0.05, 0.1) is 13.7 Å². The van der Waals surface area contributed by atoms with Gasteiger partial charge in [0, 0.05) is 6.92 Å². The maximum Gasteiger partial charge on any atom is 0.253 e. The van der Waals surface area contributed by atoms with E-state index in [1.807, 2.05) is 12.1 Å². The third-order valence-corrected chi connectivity index (χ3v) is 3.23. The topological polar surface area (TPSA) is 18.0 Å². The first-order chi connectivity index (χ1) is 8.74. The summed E-state index contributed by atoms with van der Waals surface area (Å²) in [6.45, 7) is 6.36. The summed E-state index contributed by atoms with van der Waals surface area (Å²) >= 11 is 0. The van der Waals surface area contributed by atoms with Crippen LogP contribution in [-0.4, -0.2) is 11.7 Å². The van der Waals surface area contributed by atoms with Gasteiger partial charge < -0.3 is 21.7 Å². The maximum absolute atomic E-state index is 5.17. The molecule has 0 amide bonds. The molecule has 0 aliphatic heterocycles. The van der Waals surface area contributed by atoms with Gasteiger partial charge >= 0.3 is 0 Å². The Morgan fingerprint density at radius 1 is 1.21 bits per heavy atom. The standard InChI is InChI=1S/C15H21N2O.BrH/c1-4-9-16-10-11-17(13(16)2)12-14-5-7-15(18-3)8-6-14;/h5-8,10-11H,4,9,12H2,1-3H3;1H/q+1;/p-1. The second-order valence-corrected chi connectivity index (χ2v) is 4.51. The number of hydrogen-bond acceptors (Lipinski definition) is 1. The third kappa shape index (κ3) is 3.83. The van der Waals surface area contributed by atoms with Crippen LogP contribution in [0.3, 0.4) is 0 Å². The highest BCUT2D eigenvalue weighted by atomic mass is 79.9. The fourth-order valence-corrected chi connectivity index (χ4v) is 2.11. The van der Waals surface area contributed by atoms with Gasteiger partial charge in [0.1, 0.15) is 24.7 Å². The van der Waals surface area contributed by atoms with Gasteiger partial charge in [-0.3, -0.25) is 0 Å². The zero-order valence-corrected chi connectivity index (χ0v) is 13.4. The Bertz CT molecular complexity index is 505.